The van der Waals surface area contributed by atoms with Crippen LogP contribution in [0.5, 0.6) is 0 Å². The van der Waals surface area contributed by atoms with Crippen molar-refractivity contribution in [2.75, 3.05) is 106 Å². The quantitative estimate of drug-likeness (QED) is 0.0246. The molecule has 1 atom stereocenters. The van der Waals surface area contributed by atoms with E-state index in [1.165, 1.54) is 70.6 Å². The lowest BCUT2D eigenvalue weighted by molar-refractivity contribution is -0.149. The molecule has 0 saturated carbocycles. The first-order chi connectivity index (χ1) is 35.4. The first-order valence-corrected chi connectivity index (χ1v) is 28.9. The highest BCUT2D eigenvalue weighted by molar-refractivity contribution is 5.81. The normalized spacial score (nSPS) is 12.0. The molecule has 14 heteroatoms. The Kier molecular flexibility index (Phi) is 55.1. The molecule has 0 saturated heterocycles. The summed E-state index contributed by atoms with van der Waals surface area (Å²) in [7, 11) is 0. The molecular formula is C58H107NO13. The van der Waals surface area contributed by atoms with Gasteiger partial charge in [0.05, 0.1) is 59.5 Å². The van der Waals surface area contributed by atoms with E-state index in [0.29, 0.717) is 112 Å². The van der Waals surface area contributed by atoms with Crippen molar-refractivity contribution in [3.05, 3.63) is 24.3 Å². The number of carbonyl (C=O) groups is 4. The van der Waals surface area contributed by atoms with Gasteiger partial charge in [-0.15, -0.1) is 0 Å². The fraction of sp³-hybridized carbons (Fsp3) is 0.862. The molecule has 0 N–H and O–H groups in total. The first kappa shape index (κ1) is 69.1. The Morgan fingerprint density at radius 2 is 0.806 bits per heavy atom. The van der Waals surface area contributed by atoms with E-state index < -0.39 is 6.10 Å². The summed E-state index contributed by atoms with van der Waals surface area (Å²) < 4.78 is 50.7. The van der Waals surface area contributed by atoms with Crippen molar-refractivity contribution in [2.45, 2.75) is 220 Å². The second kappa shape index (κ2) is 57.4. The number of esters is 3. The number of amides is 1. The summed E-state index contributed by atoms with van der Waals surface area (Å²) in [6.45, 7) is 14.9. The van der Waals surface area contributed by atoms with Crippen LogP contribution in [0.1, 0.15) is 214 Å². The maximum atomic E-state index is 14.2. The predicted molar refractivity (Wildman–Crippen MR) is 288 cm³/mol. The zero-order valence-electron chi connectivity index (χ0n) is 46.5. The van der Waals surface area contributed by atoms with Gasteiger partial charge in [-0.3, -0.25) is 19.2 Å². The van der Waals surface area contributed by atoms with E-state index in [4.69, 9.17) is 42.6 Å². The molecule has 0 spiro atoms. The van der Waals surface area contributed by atoms with Gasteiger partial charge in [-0.05, 0) is 57.8 Å². The van der Waals surface area contributed by atoms with E-state index in [2.05, 4.69) is 32.9 Å². The Morgan fingerprint density at radius 3 is 1.32 bits per heavy atom. The molecule has 0 bridgehead atoms. The van der Waals surface area contributed by atoms with Crippen LogP contribution in [0.2, 0.25) is 0 Å². The van der Waals surface area contributed by atoms with Crippen LogP contribution in [0.4, 0.5) is 0 Å². The average Bonchev–Trinajstić information content (AvgIpc) is 3.38. The van der Waals surface area contributed by atoms with E-state index in [9.17, 15) is 19.2 Å². The van der Waals surface area contributed by atoms with Gasteiger partial charge in [0, 0.05) is 45.6 Å². The number of nitrogens with zero attached hydrogens (tertiary/aromatic N) is 1. The number of carbonyl (C=O) groups excluding carboxylic acids is 4. The highest BCUT2D eigenvalue weighted by Gasteiger charge is 2.25. The van der Waals surface area contributed by atoms with E-state index in [-0.39, 0.29) is 37.0 Å². The highest BCUT2D eigenvalue weighted by Crippen LogP contribution is 2.13. The summed E-state index contributed by atoms with van der Waals surface area (Å²) in [5, 5.41) is 0. The third kappa shape index (κ3) is 50.6. The standard InChI is InChI=1S/C58H107NO13/c1-5-9-12-15-18-26-34-42-70-56(61)36-29-22-20-25-32-40-68-53-54(69-41-33-28-21-23-30-37-57(62)71-43-35-27-19-16-13-10-6-2)58(63)59(38-31-24-17-14-11-7-3)39-44-64-45-46-65-47-48-66-49-50-67-51-52-72-55(60)8-4/h26-27,34-35,54H,5-25,28-33,36-53H2,1-4H3/b34-26-,35-27-. The van der Waals surface area contributed by atoms with Crippen LogP contribution in [-0.4, -0.2) is 140 Å². The van der Waals surface area contributed by atoms with Gasteiger partial charge in [-0.1, -0.05) is 161 Å². The zero-order valence-corrected chi connectivity index (χ0v) is 46.5. The van der Waals surface area contributed by atoms with Crippen molar-refractivity contribution in [3.63, 3.8) is 0 Å². The van der Waals surface area contributed by atoms with Crippen LogP contribution in [0.3, 0.4) is 0 Å². The predicted octanol–water partition coefficient (Wildman–Crippen LogP) is 12.4. The fourth-order valence-electron chi connectivity index (χ4n) is 7.56. The minimum absolute atomic E-state index is 0.0642. The first-order valence-electron chi connectivity index (χ1n) is 28.9. The van der Waals surface area contributed by atoms with Gasteiger partial charge in [0.25, 0.3) is 5.91 Å². The molecule has 72 heavy (non-hydrogen) atoms. The molecule has 0 fully saturated rings. The number of ether oxygens (including phenoxy) is 9. The van der Waals surface area contributed by atoms with Crippen molar-refractivity contribution in [2.24, 2.45) is 0 Å². The minimum atomic E-state index is -0.709. The van der Waals surface area contributed by atoms with Gasteiger partial charge in [-0.2, -0.15) is 0 Å². The Labute approximate surface area is 439 Å². The lowest BCUT2D eigenvalue weighted by Gasteiger charge is -2.28. The summed E-state index contributed by atoms with van der Waals surface area (Å²) in [6, 6.07) is 0. The average molecular weight is 1030 g/mol. The maximum Gasteiger partial charge on any atom is 0.306 e. The van der Waals surface area contributed by atoms with Gasteiger partial charge in [-0.25, -0.2) is 0 Å². The van der Waals surface area contributed by atoms with Gasteiger partial charge in [0.2, 0.25) is 0 Å². The van der Waals surface area contributed by atoms with E-state index in [1.807, 2.05) is 17.1 Å². The second-order valence-corrected chi connectivity index (χ2v) is 18.6. The minimum Gasteiger partial charge on any atom is -0.463 e. The largest absolute Gasteiger partial charge is 0.463 e. The molecular weight excluding hydrogens is 919 g/mol. The Morgan fingerprint density at radius 1 is 0.375 bits per heavy atom. The molecule has 0 aromatic carbocycles. The maximum absolute atomic E-state index is 14.2. The zero-order chi connectivity index (χ0) is 52.5. The summed E-state index contributed by atoms with van der Waals surface area (Å²) in [4.78, 5) is 51.6. The molecule has 14 nitrogen and oxygen atoms in total. The van der Waals surface area contributed by atoms with Crippen molar-refractivity contribution in [1.29, 1.82) is 0 Å². The van der Waals surface area contributed by atoms with Crippen LogP contribution >= 0.6 is 0 Å². The molecule has 0 heterocycles. The highest BCUT2D eigenvalue weighted by atomic mass is 16.6. The summed E-state index contributed by atoms with van der Waals surface area (Å²) in [5.74, 6) is -0.581. The number of hydrogen-bond donors (Lipinski definition) is 0. The Balaban J connectivity index is 4.93. The Bertz CT molecular complexity index is 1260. The van der Waals surface area contributed by atoms with E-state index in [1.54, 1.807) is 6.92 Å². The Hall–Kier alpha value is -2.88. The SMILES string of the molecule is CCCCCC/C=C\COC(=O)CCCCCCCOCC(OCCCCCCCC(=O)OC/C=C\CCCCCC)C(=O)N(CCCCCCCC)CCOCCOCCOCCOCCOC(=O)CC. The van der Waals surface area contributed by atoms with E-state index in [0.717, 1.165) is 96.3 Å². The number of allylic oxidation sites excluding steroid dienone is 2. The van der Waals surface area contributed by atoms with Crippen molar-refractivity contribution < 1.29 is 61.8 Å². The molecule has 0 aliphatic carbocycles. The molecule has 0 aliphatic heterocycles. The van der Waals surface area contributed by atoms with Gasteiger partial charge in [0.15, 0.2) is 6.10 Å². The lowest BCUT2D eigenvalue weighted by atomic mass is 10.1. The molecule has 0 radical (unpaired) electrons. The van der Waals surface area contributed by atoms with Crippen molar-refractivity contribution >= 4 is 23.8 Å². The molecule has 0 aliphatic rings. The summed E-state index contributed by atoms with van der Waals surface area (Å²) in [6.07, 6.45) is 36.4. The number of hydrogen-bond acceptors (Lipinski definition) is 13. The summed E-state index contributed by atoms with van der Waals surface area (Å²) in [5.41, 5.74) is 0. The topological polar surface area (TPSA) is 155 Å². The second-order valence-electron chi connectivity index (χ2n) is 18.6. The van der Waals surface area contributed by atoms with Gasteiger partial charge < -0.3 is 47.5 Å². The number of rotatable bonds is 57. The summed E-state index contributed by atoms with van der Waals surface area (Å²) >= 11 is 0. The van der Waals surface area contributed by atoms with Gasteiger partial charge in [0.1, 0.15) is 19.8 Å². The molecule has 0 aromatic heterocycles. The molecule has 0 aromatic rings. The van der Waals surface area contributed by atoms with Crippen LogP contribution in [0, 0.1) is 0 Å². The smallest absolute Gasteiger partial charge is 0.306 e. The molecule has 1 amide bonds. The molecule has 0 rings (SSSR count). The molecule has 422 valence electrons. The van der Waals surface area contributed by atoms with Gasteiger partial charge >= 0.3 is 17.9 Å². The van der Waals surface area contributed by atoms with Crippen LogP contribution in [-0.2, 0) is 61.8 Å². The third-order valence-electron chi connectivity index (χ3n) is 12.0. The van der Waals surface area contributed by atoms with Crippen LogP contribution in [0.25, 0.3) is 0 Å². The van der Waals surface area contributed by atoms with Crippen molar-refractivity contribution in [3.8, 4) is 0 Å². The van der Waals surface area contributed by atoms with Crippen LogP contribution in [0.15, 0.2) is 24.3 Å². The fourth-order valence-corrected chi connectivity index (χ4v) is 7.56. The molecule has 1 unspecified atom stereocenters. The lowest BCUT2D eigenvalue weighted by Crippen LogP contribution is -2.45. The van der Waals surface area contributed by atoms with Crippen molar-refractivity contribution in [1.82, 2.24) is 4.90 Å². The monoisotopic (exact) mass is 1030 g/mol. The van der Waals surface area contributed by atoms with Crippen LogP contribution < -0.4 is 0 Å². The number of unbranched alkanes of at least 4 members (excludes halogenated alkanes) is 21. The third-order valence-corrected chi connectivity index (χ3v) is 12.0. The van der Waals surface area contributed by atoms with E-state index >= 15 is 0 Å².